The fourth-order valence-electron chi connectivity index (χ4n) is 3.44. The van der Waals surface area contributed by atoms with Crippen molar-refractivity contribution in [2.75, 3.05) is 20.8 Å². The molecule has 7 nitrogen and oxygen atoms in total. The molecule has 2 heterocycles. The fourth-order valence-corrected chi connectivity index (χ4v) is 3.44. The number of hydrogen-bond donors (Lipinski definition) is 1. The quantitative estimate of drug-likeness (QED) is 0.442. The average Bonchev–Trinajstić information content (AvgIpc) is 3.13. The van der Waals surface area contributed by atoms with Gasteiger partial charge >= 0.3 is 5.97 Å². The predicted molar refractivity (Wildman–Crippen MR) is 113 cm³/mol. The van der Waals surface area contributed by atoms with Crippen molar-refractivity contribution in [2.45, 2.75) is 13.5 Å². The summed E-state index contributed by atoms with van der Waals surface area (Å²) in [5.74, 6) is 1.66. The van der Waals surface area contributed by atoms with Crippen molar-refractivity contribution in [3.05, 3.63) is 59.9 Å². The van der Waals surface area contributed by atoms with Crippen LogP contribution in [0.3, 0.4) is 0 Å². The van der Waals surface area contributed by atoms with Gasteiger partial charge in [-0.15, -0.1) is 0 Å². The molecule has 0 unspecified atom stereocenters. The van der Waals surface area contributed by atoms with Gasteiger partial charge in [0.05, 0.1) is 32.0 Å². The highest BCUT2D eigenvalue weighted by atomic mass is 16.5. The molecule has 0 saturated carbocycles. The molecule has 0 spiro atoms. The molecule has 0 fully saturated rings. The number of aromatic nitrogens is 2. The number of carbonyl (C=O) groups is 1. The van der Waals surface area contributed by atoms with Gasteiger partial charge in [-0.05, 0) is 49.4 Å². The molecule has 0 aliphatic rings. The number of methoxy groups -OCH3 is 2. The van der Waals surface area contributed by atoms with Gasteiger partial charge in [0.1, 0.15) is 17.2 Å². The van der Waals surface area contributed by atoms with Crippen LogP contribution in [0, 0.1) is 0 Å². The third-order valence-corrected chi connectivity index (χ3v) is 4.76. The third-order valence-electron chi connectivity index (χ3n) is 4.76. The number of carbonyl (C=O) groups excluding carboxylic acids is 1. The molecule has 2 aromatic heterocycles. The number of esters is 1. The summed E-state index contributed by atoms with van der Waals surface area (Å²) in [6, 6.07) is 13.1. The maximum absolute atomic E-state index is 12.4. The van der Waals surface area contributed by atoms with Crippen LogP contribution in [0.1, 0.15) is 23.0 Å². The number of fused-ring (bicyclic) bond motifs is 3. The molecule has 7 heteroatoms. The number of nitrogens with one attached hydrogen (secondary N) is 1. The van der Waals surface area contributed by atoms with Crippen LogP contribution in [0.25, 0.3) is 21.8 Å². The van der Waals surface area contributed by atoms with Crippen LogP contribution in [-0.2, 0) is 16.1 Å². The van der Waals surface area contributed by atoms with Crippen molar-refractivity contribution in [1.29, 1.82) is 0 Å². The molecule has 0 bridgehead atoms. The molecule has 0 amide bonds. The largest absolute Gasteiger partial charge is 0.497 e. The van der Waals surface area contributed by atoms with E-state index in [9.17, 15) is 4.79 Å². The lowest BCUT2D eigenvalue weighted by Crippen LogP contribution is -2.11. The first-order chi connectivity index (χ1) is 14.6. The van der Waals surface area contributed by atoms with E-state index in [0.29, 0.717) is 17.1 Å². The first-order valence-electron chi connectivity index (χ1n) is 9.56. The maximum atomic E-state index is 12.4. The molecule has 154 valence electrons. The zero-order valence-electron chi connectivity index (χ0n) is 17.0. The normalized spacial score (nSPS) is 11.0. The van der Waals surface area contributed by atoms with Gasteiger partial charge < -0.3 is 23.9 Å². The minimum Gasteiger partial charge on any atom is -0.497 e. The summed E-state index contributed by atoms with van der Waals surface area (Å²) in [6.45, 7) is 2.27. The molecule has 0 radical (unpaired) electrons. The molecule has 4 aromatic rings. The topological polar surface area (TPSA) is 82.7 Å². The Bertz CT molecular complexity index is 1200. The Kier molecular flexibility index (Phi) is 5.54. The van der Waals surface area contributed by atoms with Crippen LogP contribution in [0.2, 0.25) is 0 Å². The van der Waals surface area contributed by atoms with Gasteiger partial charge in [0.2, 0.25) is 0 Å². The summed E-state index contributed by atoms with van der Waals surface area (Å²) in [5.41, 5.74) is 2.66. The summed E-state index contributed by atoms with van der Waals surface area (Å²) in [4.78, 5) is 20.1. The lowest BCUT2D eigenvalue weighted by Gasteiger charge is -2.10. The van der Waals surface area contributed by atoms with E-state index in [1.54, 1.807) is 27.3 Å². The Morgan fingerprint density at radius 2 is 1.73 bits per heavy atom. The van der Waals surface area contributed by atoms with Crippen LogP contribution in [0.15, 0.2) is 48.7 Å². The second-order valence-electron chi connectivity index (χ2n) is 6.64. The Balaban J connectivity index is 1.81. The van der Waals surface area contributed by atoms with Crippen molar-refractivity contribution < 1.29 is 23.7 Å². The zero-order valence-corrected chi connectivity index (χ0v) is 17.0. The Labute approximate surface area is 173 Å². The van der Waals surface area contributed by atoms with E-state index in [1.165, 1.54) is 0 Å². The standard InChI is InChI=1S/C23H22N2O5/c1-4-29-23(26)22-18(13-27-2)21-17-11-16(9-10-19(17)25-20(21)12-24-22)30-15-7-5-14(28-3)6-8-15/h5-12,25H,4,13H2,1-3H3. The SMILES string of the molecule is CCOC(=O)c1ncc2[nH]c3ccc(Oc4ccc(OC)cc4)cc3c2c1COC. The van der Waals surface area contributed by atoms with E-state index in [4.69, 9.17) is 18.9 Å². The highest BCUT2D eigenvalue weighted by Crippen LogP contribution is 2.34. The average molecular weight is 406 g/mol. The van der Waals surface area contributed by atoms with E-state index in [2.05, 4.69) is 9.97 Å². The van der Waals surface area contributed by atoms with Crippen molar-refractivity contribution in [1.82, 2.24) is 9.97 Å². The smallest absolute Gasteiger partial charge is 0.357 e. The summed E-state index contributed by atoms with van der Waals surface area (Å²) in [5, 5.41) is 1.78. The summed E-state index contributed by atoms with van der Waals surface area (Å²) >= 11 is 0. The van der Waals surface area contributed by atoms with Gasteiger partial charge in [-0.2, -0.15) is 0 Å². The predicted octanol–water partition coefficient (Wildman–Crippen LogP) is 4.84. The molecule has 0 atom stereocenters. The van der Waals surface area contributed by atoms with Crippen LogP contribution in [0.4, 0.5) is 0 Å². The third kappa shape index (κ3) is 3.67. The van der Waals surface area contributed by atoms with Crippen molar-refractivity contribution in [3.63, 3.8) is 0 Å². The number of hydrogen-bond acceptors (Lipinski definition) is 6. The lowest BCUT2D eigenvalue weighted by molar-refractivity contribution is 0.0514. The van der Waals surface area contributed by atoms with Gasteiger partial charge in [-0.1, -0.05) is 0 Å². The van der Waals surface area contributed by atoms with Crippen molar-refractivity contribution in [2.24, 2.45) is 0 Å². The van der Waals surface area contributed by atoms with E-state index in [1.807, 2.05) is 42.5 Å². The Morgan fingerprint density at radius 3 is 2.43 bits per heavy atom. The molecule has 0 aliphatic carbocycles. The number of aromatic amines is 1. The van der Waals surface area contributed by atoms with Crippen LogP contribution in [-0.4, -0.2) is 36.8 Å². The van der Waals surface area contributed by atoms with Crippen molar-refractivity contribution >= 4 is 27.8 Å². The number of pyridine rings is 1. The number of rotatable bonds is 7. The van der Waals surface area contributed by atoms with E-state index in [-0.39, 0.29) is 18.9 Å². The van der Waals surface area contributed by atoms with Crippen LogP contribution in [0.5, 0.6) is 17.2 Å². The summed E-state index contributed by atoms with van der Waals surface area (Å²) in [7, 11) is 3.21. The van der Waals surface area contributed by atoms with E-state index in [0.717, 1.165) is 27.6 Å². The molecule has 0 aliphatic heterocycles. The Morgan fingerprint density at radius 1 is 1.00 bits per heavy atom. The highest BCUT2D eigenvalue weighted by Gasteiger charge is 2.20. The monoisotopic (exact) mass is 406 g/mol. The van der Waals surface area contributed by atoms with Gasteiger partial charge in [-0.3, -0.25) is 0 Å². The molecular weight excluding hydrogens is 384 g/mol. The minimum absolute atomic E-state index is 0.231. The second kappa shape index (κ2) is 8.42. The Hall–Kier alpha value is -3.58. The lowest BCUT2D eigenvalue weighted by atomic mass is 10.1. The van der Waals surface area contributed by atoms with Gasteiger partial charge in [0.25, 0.3) is 0 Å². The van der Waals surface area contributed by atoms with E-state index < -0.39 is 5.97 Å². The zero-order chi connectivity index (χ0) is 21.1. The number of H-pyrrole nitrogens is 1. The highest BCUT2D eigenvalue weighted by molar-refractivity contribution is 6.11. The molecule has 1 N–H and O–H groups in total. The molecule has 0 saturated heterocycles. The second-order valence-corrected chi connectivity index (χ2v) is 6.64. The first kappa shape index (κ1) is 19.7. The molecule has 4 rings (SSSR count). The van der Waals surface area contributed by atoms with Crippen LogP contribution >= 0.6 is 0 Å². The van der Waals surface area contributed by atoms with Gasteiger partial charge in [0, 0.05) is 29.0 Å². The number of benzene rings is 2. The maximum Gasteiger partial charge on any atom is 0.357 e. The first-order valence-corrected chi connectivity index (χ1v) is 9.56. The van der Waals surface area contributed by atoms with Crippen molar-refractivity contribution in [3.8, 4) is 17.2 Å². The minimum atomic E-state index is -0.466. The molecule has 30 heavy (non-hydrogen) atoms. The summed E-state index contributed by atoms with van der Waals surface area (Å²) < 4.78 is 21.7. The molecular formula is C23H22N2O5. The van der Waals surface area contributed by atoms with Gasteiger partial charge in [0.15, 0.2) is 5.69 Å². The van der Waals surface area contributed by atoms with Crippen LogP contribution < -0.4 is 9.47 Å². The molecule has 2 aromatic carbocycles. The fraction of sp³-hybridized carbons (Fsp3) is 0.217. The number of nitrogens with zero attached hydrogens (tertiary/aromatic N) is 1. The number of ether oxygens (including phenoxy) is 4. The summed E-state index contributed by atoms with van der Waals surface area (Å²) in [6.07, 6.45) is 1.64. The van der Waals surface area contributed by atoms with E-state index >= 15 is 0 Å². The van der Waals surface area contributed by atoms with Gasteiger partial charge in [-0.25, -0.2) is 9.78 Å².